The maximum Gasteiger partial charge on any atom is 0.151 e. The molecule has 118 valence electrons. The minimum Gasteiger partial charge on any atom is -0.313 e. The highest BCUT2D eigenvalue weighted by molar-refractivity contribution is 7.91. The molecule has 1 heterocycles. The number of hydrogen-bond donors (Lipinski definition) is 1. The van der Waals surface area contributed by atoms with Gasteiger partial charge >= 0.3 is 0 Å². The fourth-order valence-corrected chi connectivity index (χ4v) is 5.82. The van der Waals surface area contributed by atoms with Gasteiger partial charge in [0.15, 0.2) is 9.84 Å². The summed E-state index contributed by atoms with van der Waals surface area (Å²) in [5.74, 6) is 1.36. The third-order valence-corrected chi connectivity index (χ3v) is 7.00. The van der Waals surface area contributed by atoms with Gasteiger partial charge in [-0.1, -0.05) is 20.8 Å². The van der Waals surface area contributed by atoms with Crippen molar-refractivity contribution in [2.45, 2.75) is 52.1 Å². The molecule has 1 saturated heterocycles. The first kappa shape index (κ1) is 16.2. The number of nitrogens with zero attached hydrogens (tertiary/aromatic N) is 1. The van der Waals surface area contributed by atoms with E-state index in [0.29, 0.717) is 28.9 Å². The largest absolute Gasteiger partial charge is 0.313 e. The second-order valence-electron chi connectivity index (χ2n) is 7.32. The van der Waals surface area contributed by atoms with Crippen molar-refractivity contribution >= 4 is 9.84 Å². The maximum atomic E-state index is 11.6. The van der Waals surface area contributed by atoms with Crippen molar-refractivity contribution < 1.29 is 8.42 Å². The molecular weight excluding hydrogens is 272 g/mol. The summed E-state index contributed by atoms with van der Waals surface area (Å²) >= 11 is 0. The van der Waals surface area contributed by atoms with Crippen molar-refractivity contribution in [2.24, 2.45) is 11.3 Å². The van der Waals surface area contributed by atoms with Gasteiger partial charge in [-0.05, 0) is 44.2 Å². The van der Waals surface area contributed by atoms with Crippen LogP contribution in [0.4, 0.5) is 0 Å². The molecule has 5 heteroatoms. The number of sulfone groups is 1. The lowest BCUT2D eigenvalue weighted by Crippen LogP contribution is -2.46. The normalized spacial score (nSPS) is 35.8. The predicted molar refractivity (Wildman–Crippen MR) is 83.7 cm³/mol. The summed E-state index contributed by atoms with van der Waals surface area (Å²) in [4.78, 5) is 2.29. The van der Waals surface area contributed by atoms with Crippen LogP contribution in [0.2, 0.25) is 0 Å². The van der Waals surface area contributed by atoms with Gasteiger partial charge in [-0.15, -0.1) is 0 Å². The molecule has 2 fully saturated rings. The second kappa shape index (κ2) is 5.93. The zero-order valence-corrected chi connectivity index (χ0v) is 14.2. The summed E-state index contributed by atoms with van der Waals surface area (Å²) in [5.41, 5.74) is 0.350. The van der Waals surface area contributed by atoms with Crippen LogP contribution in [0.25, 0.3) is 0 Å². The first-order chi connectivity index (χ1) is 9.25. The molecule has 3 unspecified atom stereocenters. The maximum absolute atomic E-state index is 11.6. The van der Waals surface area contributed by atoms with E-state index in [1.165, 1.54) is 12.8 Å². The Labute approximate surface area is 124 Å². The SMILES string of the molecule is CCNC1C(CN(C)C2CCS(=O)(=O)C2)CCC1(C)C. The van der Waals surface area contributed by atoms with Gasteiger partial charge in [0.25, 0.3) is 0 Å². The molecule has 0 aromatic carbocycles. The molecule has 4 nitrogen and oxygen atoms in total. The van der Waals surface area contributed by atoms with Crippen LogP contribution in [0.15, 0.2) is 0 Å². The number of hydrogen-bond acceptors (Lipinski definition) is 4. The lowest BCUT2D eigenvalue weighted by molar-refractivity contribution is 0.179. The highest BCUT2D eigenvalue weighted by atomic mass is 32.2. The zero-order chi connectivity index (χ0) is 15.0. The molecule has 0 aromatic heterocycles. The molecule has 0 spiro atoms. The van der Waals surface area contributed by atoms with Crippen molar-refractivity contribution in [3.05, 3.63) is 0 Å². The molecule has 20 heavy (non-hydrogen) atoms. The Balaban J connectivity index is 1.95. The van der Waals surface area contributed by atoms with Crippen LogP contribution < -0.4 is 5.32 Å². The third kappa shape index (κ3) is 3.55. The van der Waals surface area contributed by atoms with Gasteiger partial charge < -0.3 is 10.2 Å². The average molecular weight is 302 g/mol. The summed E-state index contributed by atoms with van der Waals surface area (Å²) in [6, 6.07) is 0.777. The van der Waals surface area contributed by atoms with E-state index in [1.807, 2.05) is 0 Å². The predicted octanol–water partition coefficient (Wildman–Crippen LogP) is 1.52. The van der Waals surface area contributed by atoms with Crippen LogP contribution in [0, 0.1) is 11.3 Å². The van der Waals surface area contributed by atoms with Crippen molar-refractivity contribution in [1.82, 2.24) is 10.2 Å². The van der Waals surface area contributed by atoms with Gasteiger partial charge in [0.05, 0.1) is 11.5 Å². The monoisotopic (exact) mass is 302 g/mol. The van der Waals surface area contributed by atoms with E-state index in [1.54, 1.807) is 0 Å². The van der Waals surface area contributed by atoms with Gasteiger partial charge in [-0.25, -0.2) is 8.42 Å². The molecule has 0 aromatic rings. The Morgan fingerprint density at radius 2 is 2.00 bits per heavy atom. The standard InChI is InChI=1S/C15H30N2O2S/c1-5-16-14-12(6-8-15(14,2)3)10-17(4)13-7-9-20(18,19)11-13/h12-14,16H,5-11H2,1-4H3. The fourth-order valence-electron chi connectivity index (χ4n) is 4.02. The minimum atomic E-state index is -2.78. The molecule has 2 rings (SSSR count). The topological polar surface area (TPSA) is 49.4 Å². The summed E-state index contributed by atoms with van der Waals surface area (Å²) < 4.78 is 23.2. The smallest absolute Gasteiger partial charge is 0.151 e. The van der Waals surface area contributed by atoms with Gasteiger partial charge in [0, 0.05) is 18.6 Å². The molecule has 0 amide bonds. The Hall–Kier alpha value is -0.130. The molecule has 2 aliphatic rings. The fraction of sp³-hybridized carbons (Fsp3) is 1.00. The van der Waals surface area contributed by atoms with Crippen LogP contribution in [0.1, 0.15) is 40.0 Å². The van der Waals surface area contributed by atoms with Crippen LogP contribution in [0.3, 0.4) is 0 Å². The third-order valence-electron chi connectivity index (χ3n) is 5.25. The first-order valence-corrected chi connectivity index (χ1v) is 9.71. The highest BCUT2D eigenvalue weighted by Crippen LogP contribution is 2.41. The van der Waals surface area contributed by atoms with E-state index in [4.69, 9.17) is 0 Å². The lowest BCUT2D eigenvalue weighted by Gasteiger charge is -2.34. The van der Waals surface area contributed by atoms with E-state index < -0.39 is 9.84 Å². The van der Waals surface area contributed by atoms with Crippen molar-refractivity contribution in [3.63, 3.8) is 0 Å². The summed E-state index contributed by atoms with van der Waals surface area (Å²) in [6.45, 7) is 8.88. The summed E-state index contributed by atoms with van der Waals surface area (Å²) in [6.07, 6.45) is 3.31. The Morgan fingerprint density at radius 1 is 1.30 bits per heavy atom. The van der Waals surface area contributed by atoms with E-state index in [-0.39, 0.29) is 6.04 Å². The summed E-state index contributed by atoms with van der Waals surface area (Å²) in [7, 11) is -0.681. The van der Waals surface area contributed by atoms with Crippen LogP contribution in [-0.2, 0) is 9.84 Å². The van der Waals surface area contributed by atoms with Crippen LogP contribution in [-0.4, -0.2) is 57.0 Å². The van der Waals surface area contributed by atoms with Gasteiger partial charge in [0.2, 0.25) is 0 Å². The minimum absolute atomic E-state index is 0.228. The van der Waals surface area contributed by atoms with Crippen molar-refractivity contribution in [2.75, 3.05) is 31.6 Å². The van der Waals surface area contributed by atoms with Crippen LogP contribution in [0.5, 0.6) is 0 Å². The molecule has 1 aliphatic carbocycles. The second-order valence-corrected chi connectivity index (χ2v) is 9.55. The van der Waals surface area contributed by atoms with Gasteiger partial charge in [0.1, 0.15) is 0 Å². The Bertz CT molecular complexity index is 433. The van der Waals surface area contributed by atoms with E-state index >= 15 is 0 Å². The van der Waals surface area contributed by atoms with Crippen molar-refractivity contribution in [1.29, 1.82) is 0 Å². The molecule has 0 radical (unpaired) electrons. The molecule has 0 bridgehead atoms. The van der Waals surface area contributed by atoms with E-state index in [2.05, 4.69) is 38.0 Å². The quantitative estimate of drug-likeness (QED) is 0.836. The molecule has 1 aliphatic heterocycles. The van der Waals surface area contributed by atoms with E-state index in [9.17, 15) is 8.42 Å². The molecule has 3 atom stereocenters. The number of nitrogens with one attached hydrogen (secondary N) is 1. The number of rotatable bonds is 5. The highest BCUT2D eigenvalue weighted by Gasteiger charge is 2.42. The Morgan fingerprint density at radius 3 is 2.55 bits per heavy atom. The average Bonchev–Trinajstić information content (AvgIpc) is 2.83. The molecular formula is C15H30N2O2S. The first-order valence-electron chi connectivity index (χ1n) is 7.89. The summed E-state index contributed by atoms with van der Waals surface area (Å²) in [5, 5.41) is 3.65. The molecule has 1 saturated carbocycles. The lowest BCUT2D eigenvalue weighted by atomic mass is 9.84. The van der Waals surface area contributed by atoms with Gasteiger partial charge in [-0.2, -0.15) is 0 Å². The van der Waals surface area contributed by atoms with Crippen molar-refractivity contribution in [3.8, 4) is 0 Å². The van der Waals surface area contributed by atoms with E-state index in [0.717, 1.165) is 19.5 Å². The van der Waals surface area contributed by atoms with Crippen LogP contribution >= 0.6 is 0 Å². The zero-order valence-electron chi connectivity index (χ0n) is 13.4. The molecule has 1 N–H and O–H groups in total. The van der Waals surface area contributed by atoms with Gasteiger partial charge in [-0.3, -0.25) is 0 Å². The Kier molecular flexibility index (Phi) is 4.82.